The first kappa shape index (κ1) is 10.5. The molecule has 0 fully saturated rings. The zero-order valence-corrected chi connectivity index (χ0v) is 8.78. The Hall–Kier alpha value is -1.57. The molecule has 2 nitrogen and oxygen atoms in total. The molecule has 0 atom stereocenters. The molecule has 1 aliphatic rings. The molecule has 1 rings (SSSR count). The summed E-state index contributed by atoms with van der Waals surface area (Å²) < 4.78 is 0. The lowest BCUT2D eigenvalue weighted by Gasteiger charge is -2.08. The molecular formula is C12H15NO. The standard InChI is InChI=1S/C12H15NO/c1-9(2)7-8-10-5-4-6-11(14)12(10)13-3/h4-8,14H,1-3H3/b10-8-,13-12?. The van der Waals surface area contributed by atoms with Crippen LogP contribution in [0.25, 0.3) is 0 Å². The first-order valence-electron chi connectivity index (χ1n) is 4.55. The minimum atomic E-state index is 0.225. The van der Waals surface area contributed by atoms with Crippen LogP contribution in [0.15, 0.2) is 52.3 Å². The quantitative estimate of drug-likeness (QED) is 0.675. The van der Waals surface area contributed by atoms with Crippen molar-refractivity contribution in [3.05, 3.63) is 47.3 Å². The van der Waals surface area contributed by atoms with Crippen molar-refractivity contribution < 1.29 is 5.11 Å². The highest BCUT2D eigenvalue weighted by atomic mass is 16.3. The van der Waals surface area contributed by atoms with Crippen LogP contribution < -0.4 is 0 Å². The fourth-order valence-corrected chi connectivity index (χ4v) is 1.18. The van der Waals surface area contributed by atoms with E-state index >= 15 is 0 Å². The van der Waals surface area contributed by atoms with Gasteiger partial charge in [0.05, 0.1) is 0 Å². The van der Waals surface area contributed by atoms with Crippen LogP contribution in [0.3, 0.4) is 0 Å². The van der Waals surface area contributed by atoms with E-state index < -0.39 is 0 Å². The molecule has 0 spiro atoms. The average molecular weight is 189 g/mol. The fraction of sp³-hybridized carbons (Fsp3) is 0.250. The van der Waals surface area contributed by atoms with Crippen molar-refractivity contribution in [1.29, 1.82) is 0 Å². The molecule has 0 amide bonds. The summed E-state index contributed by atoms with van der Waals surface area (Å²) in [5.41, 5.74) is 2.80. The zero-order valence-electron chi connectivity index (χ0n) is 8.78. The van der Waals surface area contributed by atoms with Crippen molar-refractivity contribution in [2.45, 2.75) is 13.8 Å². The minimum absolute atomic E-state index is 0.225. The van der Waals surface area contributed by atoms with Crippen molar-refractivity contribution in [3.63, 3.8) is 0 Å². The number of aliphatic imine (C=N–C) groups is 1. The van der Waals surface area contributed by atoms with Crippen molar-refractivity contribution in [1.82, 2.24) is 0 Å². The Labute approximate surface area is 84.7 Å². The molecule has 0 saturated heterocycles. The van der Waals surface area contributed by atoms with Gasteiger partial charge in [0.1, 0.15) is 11.5 Å². The highest BCUT2D eigenvalue weighted by Gasteiger charge is 2.10. The van der Waals surface area contributed by atoms with Gasteiger partial charge in [0, 0.05) is 12.6 Å². The van der Waals surface area contributed by atoms with E-state index in [-0.39, 0.29) is 5.76 Å². The molecule has 0 bridgehead atoms. The van der Waals surface area contributed by atoms with Crippen LogP contribution in [0, 0.1) is 0 Å². The topological polar surface area (TPSA) is 32.6 Å². The zero-order chi connectivity index (χ0) is 10.6. The van der Waals surface area contributed by atoms with Gasteiger partial charge in [-0.05, 0) is 19.9 Å². The number of hydrogen-bond acceptors (Lipinski definition) is 2. The van der Waals surface area contributed by atoms with Crippen molar-refractivity contribution in [3.8, 4) is 0 Å². The SMILES string of the molecule is CN=C1C(O)=CC=C/C1=C/C=C(C)C. The molecule has 0 aromatic rings. The molecule has 0 saturated carbocycles. The summed E-state index contributed by atoms with van der Waals surface area (Å²) in [6.07, 6.45) is 9.35. The van der Waals surface area contributed by atoms with Crippen molar-refractivity contribution in [2.75, 3.05) is 7.05 Å². The molecule has 0 aliphatic heterocycles. The number of allylic oxidation sites excluding steroid dienone is 7. The molecule has 1 N–H and O–H groups in total. The molecule has 1 aliphatic carbocycles. The summed E-state index contributed by atoms with van der Waals surface area (Å²) in [7, 11) is 1.68. The third-order valence-corrected chi connectivity index (χ3v) is 1.87. The van der Waals surface area contributed by atoms with Crippen molar-refractivity contribution >= 4 is 5.71 Å². The Morgan fingerprint density at radius 1 is 1.43 bits per heavy atom. The van der Waals surface area contributed by atoms with Gasteiger partial charge in [-0.1, -0.05) is 29.9 Å². The van der Waals surface area contributed by atoms with Gasteiger partial charge >= 0.3 is 0 Å². The van der Waals surface area contributed by atoms with E-state index in [0.29, 0.717) is 5.71 Å². The molecule has 74 valence electrons. The van der Waals surface area contributed by atoms with Gasteiger partial charge in [-0.3, -0.25) is 4.99 Å². The van der Waals surface area contributed by atoms with Gasteiger partial charge in [-0.15, -0.1) is 0 Å². The molecular weight excluding hydrogens is 174 g/mol. The summed E-state index contributed by atoms with van der Waals surface area (Å²) >= 11 is 0. The Kier molecular flexibility index (Phi) is 3.46. The molecule has 2 heteroatoms. The molecule has 0 radical (unpaired) electrons. The second-order valence-electron chi connectivity index (χ2n) is 3.35. The Morgan fingerprint density at radius 2 is 2.14 bits per heavy atom. The first-order chi connectivity index (χ1) is 6.65. The van der Waals surface area contributed by atoms with E-state index in [4.69, 9.17) is 0 Å². The first-order valence-corrected chi connectivity index (χ1v) is 4.55. The smallest absolute Gasteiger partial charge is 0.141 e. The lowest BCUT2D eigenvalue weighted by molar-refractivity contribution is 0.443. The largest absolute Gasteiger partial charge is 0.506 e. The molecule has 0 heterocycles. The van der Waals surface area contributed by atoms with E-state index in [1.165, 1.54) is 5.57 Å². The number of aliphatic hydroxyl groups excluding tert-OH is 1. The maximum absolute atomic E-state index is 9.52. The Balaban J connectivity index is 3.03. The van der Waals surface area contributed by atoms with Gasteiger partial charge < -0.3 is 5.11 Å². The highest BCUT2D eigenvalue weighted by Crippen LogP contribution is 2.13. The van der Waals surface area contributed by atoms with E-state index in [2.05, 4.69) is 4.99 Å². The van der Waals surface area contributed by atoms with E-state index in [9.17, 15) is 5.11 Å². The minimum Gasteiger partial charge on any atom is -0.506 e. The summed E-state index contributed by atoms with van der Waals surface area (Å²) in [4.78, 5) is 4.04. The predicted octanol–water partition coefficient (Wildman–Crippen LogP) is 2.96. The van der Waals surface area contributed by atoms with Gasteiger partial charge in [0.25, 0.3) is 0 Å². The Morgan fingerprint density at radius 3 is 2.71 bits per heavy atom. The molecule has 0 aromatic heterocycles. The number of hydrogen-bond donors (Lipinski definition) is 1. The van der Waals surface area contributed by atoms with Crippen LogP contribution in [0.4, 0.5) is 0 Å². The maximum atomic E-state index is 9.52. The van der Waals surface area contributed by atoms with E-state index in [0.717, 1.165) is 5.57 Å². The van der Waals surface area contributed by atoms with Gasteiger partial charge in [-0.2, -0.15) is 0 Å². The molecule has 0 aromatic carbocycles. The fourth-order valence-electron chi connectivity index (χ4n) is 1.18. The second kappa shape index (κ2) is 4.61. The third kappa shape index (κ3) is 2.46. The lowest BCUT2D eigenvalue weighted by Crippen LogP contribution is -2.07. The molecule has 0 unspecified atom stereocenters. The van der Waals surface area contributed by atoms with Gasteiger partial charge in [0.15, 0.2) is 0 Å². The van der Waals surface area contributed by atoms with Crippen LogP contribution in [-0.2, 0) is 0 Å². The van der Waals surface area contributed by atoms with E-state index in [1.807, 2.05) is 38.2 Å². The normalized spacial score (nSPS) is 21.2. The maximum Gasteiger partial charge on any atom is 0.141 e. The number of nitrogens with zero attached hydrogens (tertiary/aromatic N) is 1. The lowest BCUT2D eigenvalue weighted by atomic mass is 10.0. The second-order valence-corrected chi connectivity index (χ2v) is 3.35. The van der Waals surface area contributed by atoms with Crippen LogP contribution >= 0.6 is 0 Å². The average Bonchev–Trinajstić information content (AvgIpc) is 2.14. The highest BCUT2D eigenvalue weighted by molar-refractivity contribution is 6.13. The van der Waals surface area contributed by atoms with Crippen LogP contribution in [0.5, 0.6) is 0 Å². The van der Waals surface area contributed by atoms with Crippen LogP contribution in [-0.4, -0.2) is 17.9 Å². The monoisotopic (exact) mass is 189 g/mol. The summed E-state index contributed by atoms with van der Waals surface area (Å²) in [5.74, 6) is 0.225. The summed E-state index contributed by atoms with van der Waals surface area (Å²) in [6, 6.07) is 0. The number of rotatable bonds is 1. The third-order valence-electron chi connectivity index (χ3n) is 1.87. The van der Waals surface area contributed by atoms with Gasteiger partial charge in [-0.25, -0.2) is 0 Å². The number of aliphatic hydroxyl groups is 1. The van der Waals surface area contributed by atoms with Crippen LogP contribution in [0.1, 0.15) is 13.8 Å². The summed E-state index contributed by atoms with van der Waals surface area (Å²) in [5, 5.41) is 9.52. The van der Waals surface area contributed by atoms with Gasteiger partial charge in [0.2, 0.25) is 0 Å². The van der Waals surface area contributed by atoms with E-state index in [1.54, 1.807) is 13.1 Å². The van der Waals surface area contributed by atoms with Crippen molar-refractivity contribution in [2.24, 2.45) is 4.99 Å². The van der Waals surface area contributed by atoms with Crippen LogP contribution in [0.2, 0.25) is 0 Å². The predicted molar refractivity (Wildman–Crippen MR) is 60.7 cm³/mol. The summed E-state index contributed by atoms with van der Waals surface area (Å²) in [6.45, 7) is 4.06. The molecule has 14 heavy (non-hydrogen) atoms. The Bertz CT molecular complexity index is 364.